The molecule has 1 aliphatic carbocycles. The predicted molar refractivity (Wildman–Crippen MR) is 258 cm³/mol. The van der Waals surface area contributed by atoms with E-state index in [1.807, 2.05) is 36.4 Å². The minimum Gasteiger partial charge on any atom is -0.456 e. The van der Waals surface area contributed by atoms with Crippen molar-refractivity contribution in [1.82, 2.24) is 19.5 Å². The molecule has 5 nitrogen and oxygen atoms in total. The van der Waals surface area contributed by atoms with E-state index in [1.54, 1.807) is 0 Å². The van der Waals surface area contributed by atoms with Gasteiger partial charge in [0.2, 0.25) is 5.95 Å². The minimum atomic E-state index is -0.0466. The van der Waals surface area contributed by atoms with Crippen molar-refractivity contribution < 1.29 is 4.42 Å². The molecule has 0 saturated heterocycles. The van der Waals surface area contributed by atoms with Gasteiger partial charge in [0.25, 0.3) is 0 Å². The van der Waals surface area contributed by atoms with Gasteiger partial charge >= 0.3 is 0 Å². The Morgan fingerprint density at radius 1 is 0.381 bits per heavy atom. The molecular formula is C58H38N4O. The highest BCUT2D eigenvalue weighted by Gasteiger charge is 2.35. The average molecular weight is 807 g/mol. The summed E-state index contributed by atoms with van der Waals surface area (Å²) in [5, 5.41) is 6.67. The first kappa shape index (κ1) is 35.6. The summed E-state index contributed by atoms with van der Waals surface area (Å²) < 4.78 is 8.65. The topological polar surface area (TPSA) is 56.7 Å². The van der Waals surface area contributed by atoms with Gasteiger partial charge in [-0.05, 0) is 74.7 Å². The Balaban J connectivity index is 1.06. The standard InChI is InChI=1S/C58H38N4O/c1-58(2)49-24-10-8-20-43(49)48-33-38(28-31-50(48)58)37-17-12-18-39(32-37)42-22-13-23-46-47-30-26-35-14-6-7-19-41(35)53(47)62(54(42)46)57-60-55(36-15-4-3-5-16-36)59-56(61-57)40-27-29-45-44-21-9-11-25-51(44)63-52(45)34-40/h3-34H,1-2H3. The molecule has 0 saturated carbocycles. The van der Waals surface area contributed by atoms with Gasteiger partial charge in [0, 0.05) is 49.0 Å². The van der Waals surface area contributed by atoms with Gasteiger partial charge in [0.05, 0.1) is 11.0 Å². The fourth-order valence-electron chi connectivity index (χ4n) is 10.2. The Bertz CT molecular complexity index is 3840. The molecule has 3 heterocycles. The monoisotopic (exact) mass is 806 g/mol. The van der Waals surface area contributed by atoms with Gasteiger partial charge in [-0.25, -0.2) is 4.98 Å². The van der Waals surface area contributed by atoms with Crippen LogP contribution in [0.5, 0.6) is 0 Å². The number of para-hydroxylation sites is 2. The smallest absolute Gasteiger partial charge is 0.238 e. The lowest BCUT2D eigenvalue weighted by Gasteiger charge is -2.21. The molecule has 0 unspecified atom stereocenters. The van der Waals surface area contributed by atoms with Gasteiger partial charge in [0.1, 0.15) is 11.2 Å². The molecule has 0 fully saturated rings. The van der Waals surface area contributed by atoms with Crippen LogP contribution in [0.25, 0.3) is 117 Å². The average Bonchev–Trinajstić information content (AvgIpc) is 3.97. The first-order valence-electron chi connectivity index (χ1n) is 21.5. The molecule has 0 atom stereocenters. The van der Waals surface area contributed by atoms with Gasteiger partial charge in [-0.1, -0.05) is 178 Å². The molecular weight excluding hydrogens is 769 g/mol. The summed E-state index contributed by atoms with van der Waals surface area (Å²) in [4.78, 5) is 15.9. The maximum Gasteiger partial charge on any atom is 0.238 e. The second kappa shape index (κ2) is 13.4. The van der Waals surface area contributed by atoms with Crippen molar-refractivity contribution in [3.63, 3.8) is 0 Å². The number of hydrogen-bond donors (Lipinski definition) is 0. The lowest BCUT2D eigenvalue weighted by atomic mass is 9.82. The molecule has 3 aromatic heterocycles. The number of hydrogen-bond acceptors (Lipinski definition) is 4. The van der Waals surface area contributed by atoms with Crippen molar-refractivity contribution in [3.05, 3.63) is 205 Å². The van der Waals surface area contributed by atoms with Crippen LogP contribution in [0.3, 0.4) is 0 Å². The third kappa shape index (κ3) is 5.39. The molecule has 0 radical (unpaired) electrons. The van der Waals surface area contributed by atoms with Gasteiger partial charge < -0.3 is 4.42 Å². The van der Waals surface area contributed by atoms with E-state index >= 15 is 0 Å². The Hall–Kier alpha value is -8.15. The summed E-state index contributed by atoms with van der Waals surface area (Å²) in [5.74, 6) is 1.71. The van der Waals surface area contributed by atoms with Crippen LogP contribution in [0.4, 0.5) is 0 Å². The summed E-state index contributed by atoms with van der Waals surface area (Å²) in [5.41, 5.74) is 15.4. The largest absolute Gasteiger partial charge is 0.456 e. The summed E-state index contributed by atoms with van der Waals surface area (Å²) in [6.45, 7) is 4.66. The first-order valence-corrected chi connectivity index (χ1v) is 21.5. The highest BCUT2D eigenvalue weighted by molar-refractivity contribution is 6.21. The molecule has 0 aliphatic heterocycles. The van der Waals surface area contributed by atoms with E-state index in [0.717, 1.165) is 82.3 Å². The number of fused-ring (bicyclic) bond motifs is 11. The van der Waals surface area contributed by atoms with Crippen molar-refractivity contribution in [2.45, 2.75) is 19.3 Å². The zero-order chi connectivity index (χ0) is 41.8. The number of nitrogens with zero attached hydrogens (tertiary/aromatic N) is 4. The van der Waals surface area contributed by atoms with Crippen LogP contribution >= 0.6 is 0 Å². The Morgan fingerprint density at radius 2 is 1.00 bits per heavy atom. The van der Waals surface area contributed by atoms with Gasteiger partial charge in [0.15, 0.2) is 11.6 Å². The van der Waals surface area contributed by atoms with Crippen LogP contribution in [-0.4, -0.2) is 19.5 Å². The van der Waals surface area contributed by atoms with Crippen molar-refractivity contribution in [3.8, 4) is 62.1 Å². The number of furan rings is 1. The highest BCUT2D eigenvalue weighted by Crippen LogP contribution is 2.50. The third-order valence-corrected chi connectivity index (χ3v) is 13.3. The van der Waals surface area contributed by atoms with E-state index in [2.05, 4.69) is 176 Å². The molecule has 0 bridgehead atoms. The Labute approximate surface area is 363 Å². The molecule has 5 heteroatoms. The quantitative estimate of drug-likeness (QED) is 0.174. The van der Waals surface area contributed by atoms with Crippen LogP contribution in [0, 0.1) is 0 Å². The maximum atomic E-state index is 6.37. The summed E-state index contributed by atoms with van der Waals surface area (Å²) >= 11 is 0. The van der Waals surface area contributed by atoms with E-state index in [4.69, 9.17) is 19.4 Å². The van der Waals surface area contributed by atoms with Crippen LogP contribution < -0.4 is 0 Å². The summed E-state index contributed by atoms with van der Waals surface area (Å²) in [6, 6.07) is 69.1. The van der Waals surface area contributed by atoms with Crippen molar-refractivity contribution in [2.75, 3.05) is 0 Å². The van der Waals surface area contributed by atoms with Crippen LogP contribution in [0.2, 0.25) is 0 Å². The number of rotatable bonds is 5. The Morgan fingerprint density at radius 3 is 1.90 bits per heavy atom. The van der Waals surface area contributed by atoms with Gasteiger partial charge in [-0.3, -0.25) is 4.57 Å². The van der Waals surface area contributed by atoms with E-state index in [-0.39, 0.29) is 5.41 Å². The molecule has 63 heavy (non-hydrogen) atoms. The van der Waals surface area contributed by atoms with Crippen molar-refractivity contribution >= 4 is 54.5 Å². The Kier molecular flexibility index (Phi) is 7.58. The van der Waals surface area contributed by atoms with Gasteiger partial charge in [-0.15, -0.1) is 0 Å². The van der Waals surface area contributed by atoms with Gasteiger partial charge in [-0.2, -0.15) is 9.97 Å². The lowest BCUT2D eigenvalue weighted by Crippen LogP contribution is -2.14. The summed E-state index contributed by atoms with van der Waals surface area (Å²) in [6.07, 6.45) is 0. The molecule has 0 spiro atoms. The van der Waals surface area contributed by atoms with E-state index in [1.165, 1.54) is 27.8 Å². The SMILES string of the molecule is CC1(C)c2ccccc2-c2cc(-c3cccc(-c4cccc5c6ccc7ccccc7c6n(-c6nc(-c7ccccc7)nc(-c7ccc8c(c7)oc7ccccc78)n6)c45)c3)ccc21. The normalized spacial score (nSPS) is 13.0. The maximum absolute atomic E-state index is 6.37. The molecule has 12 aromatic rings. The molecule has 13 rings (SSSR count). The van der Waals surface area contributed by atoms with Crippen molar-refractivity contribution in [1.29, 1.82) is 0 Å². The van der Waals surface area contributed by atoms with E-state index < -0.39 is 0 Å². The number of benzene rings is 9. The minimum absolute atomic E-state index is 0.0466. The van der Waals surface area contributed by atoms with E-state index in [0.29, 0.717) is 17.6 Å². The fourth-order valence-corrected chi connectivity index (χ4v) is 10.2. The molecule has 1 aliphatic rings. The zero-order valence-electron chi connectivity index (χ0n) is 34.7. The molecule has 9 aromatic carbocycles. The second-order valence-electron chi connectivity index (χ2n) is 17.2. The molecule has 0 amide bonds. The molecule has 296 valence electrons. The molecule has 0 N–H and O–H groups in total. The van der Waals surface area contributed by atoms with Crippen LogP contribution in [0.15, 0.2) is 199 Å². The van der Waals surface area contributed by atoms with E-state index in [9.17, 15) is 0 Å². The fraction of sp³-hybridized carbons (Fsp3) is 0.0517. The highest BCUT2D eigenvalue weighted by atomic mass is 16.3. The zero-order valence-corrected chi connectivity index (χ0v) is 34.7. The lowest BCUT2D eigenvalue weighted by molar-refractivity contribution is 0.660. The van der Waals surface area contributed by atoms with Crippen molar-refractivity contribution in [2.24, 2.45) is 0 Å². The first-order chi connectivity index (χ1) is 31.0. The van der Waals surface area contributed by atoms with Crippen LogP contribution in [0.1, 0.15) is 25.0 Å². The third-order valence-electron chi connectivity index (χ3n) is 13.3. The second-order valence-corrected chi connectivity index (χ2v) is 17.2. The predicted octanol–water partition coefficient (Wildman–Crippen LogP) is 15.0. The summed E-state index contributed by atoms with van der Waals surface area (Å²) in [7, 11) is 0. The van der Waals surface area contributed by atoms with Crippen LogP contribution in [-0.2, 0) is 5.41 Å². The number of aromatic nitrogens is 4.